The van der Waals surface area contributed by atoms with E-state index < -0.39 is 0 Å². The molecule has 116 valence electrons. The molecule has 2 unspecified atom stereocenters. The first-order chi connectivity index (χ1) is 9.99. The van der Waals surface area contributed by atoms with Gasteiger partial charge in [0.05, 0.1) is 12.8 Å². The Morgan fingerprint density at radius 1 is 1.14 bits per heavy atom. The minimum Gasteiger partial charge on any atom is -0.468 e. The Labute approximate surface area is 128 Å². The molecule has 0 amide bonds. The molecular formula is C19H29NO. The van der Waals surface area contributed by atoms with E-state index in [9.17, 15) is 0 Å². The van der Waals surface area contributed by atoms with Crippen molar-refractivity contribution in [3.63, 3.8) is 0 Å². The van der Waals surface area contributed by atoms with Crippen molar-refractivity contribution in [2.45, 2.75) is 65.3 Å². The third-order valence-electron chi connectivity index (χ3n) is 6.45. The first kappa shape index (κ1) is 13.9. The summed E-state index contributed by atoms with van der Waals surface area (Å²) in [5.41, 5.74) is 1.93. The summed E-state index contributed by atoms with van der Waals surface area (Å²) in [7, 11) is 0. The van der Waals surface area contributed by atoms with E-state index >= 15 is 0 Å². The Bertz CT molecular complexity index is 488. The zero-order valence-electron chi connectivity index (χ0n) is 13.6. The molecule has 4 aliphatic rings. The van der Waals surface area contributed by atoms with Gasteiger partial charge in [-0.2, -0.15) is 0 Å². The Morgan fingerprint density at radius 3 is 2.52 bits per heavy atom. The van der Waals surface area contributed by atoms with E-state index in [0.717, 1.165) is 24.8 Å². The van der Waals surface area contributed by atoms with Crippen molar-refractivity contribution in [1.29, 1.82) is 0 Å². The van der Waals surface area contributed by atoms with Gasteiger partial charge in [-0.25, -0.2) is 0 Å². The number of rotatable bonds is 5. The molecule has 0 spiro atoms. The van der Waals surface area contributed by atoms with Crippen LogP contribution >= 0.6 is 0 Å². The Hall–Kier alpha value is -0.760. The number of nitrogens with one attached hydrogen (secondary N) is 1. The second-order valence-electron chi connectivity index (χ2n) is 9.14. The minimum atomic E-state index is 0.638. The molecule has 2 atom stereocenters. The van der Waals surface area contributed by atoms with Gasteiger partial charge in [0.1, 0.15) is 5.76 Å². The summed E-state index contributed by atoms with van der Waals surface area (Å²) in [6.07, 6.45) is 12.1. The predicted molar refractivity (Wildman–Crippen MR) is 84.9 cm³/mol. The van der Waals surface area contributed by atoms with Crippen molar-refractivity contribution in [2.75, 3.05) is 6.54 Å². The standard InChI is InChI=1S/C19H29NO/c1-17-8-15-9-18(2,12-17)14-19(10-15,13-17)5-6-20-11-16-4-3-7-21-16/h3-4,7,15,20H,5-6,8-14H2,1-2H3. The highest BCUT2D eigenvalue weighted by atomic mass is 16.3. The van der Waals surface area contributed by atoms with Crippen molar-refractivity contribution >= 4 is 0 Å². The molecule has 21 heavy (non-hydrogen) atoms. The molecule has 4 aliphatic carbocycles. The summed E-state index contributed by atoms with van der Waals surface area (Å²) in [5.74, 6) is 2.07. The van der Waals surface area contributed by atoms with Gasteiger partial charge in [-0.05, 0) is 85.8 Å². The monoisotopic (exact) mass is 287 g/mol. The van der Waals surface area contributed by atoms with Gasteiger partial charge in [-0.3, -0.25) is 0 Å². The molecule has 4 saturated carbocycles. The van der Waals surface area contributed by atoms with Gasteiger partial charge in [0, 0.05) is 0 Å². The van der Waals surface area contributed by atoms with E-state index in [2.05, 4.69) is 25.2 Å². The Morgan fingerprint density at radius 2 is 1.90 bits per heavy atom. The molecule has 1 N–H and O–H groups in total. The van der Waals surface area contributed by atoms with E-state index in [4.69, 9.17) is 4.42 Å². The van der Waals surface area contributed by atoms with Gasteiger partial charge < -0.3 is 9.73 Å². The van der Waals surface area contributed by atoms with Crippen LogP contribution in [0.2, 0.25) is 0 Å². The van der Waals surface area contributed by atoms with Crippen molar-refractivity contribution in [1.82, 2.24) is 5.32 Å². The smallest absolute Gasteiger partial charge is 0.117 e. The highest BCUT2D eigenvalue weighted by Gasteiger charge is 2.59. The second-order valence-corrected chi connectivity index (χ2v) is 9.14. The van der Waals surface area contributed by atoms with Gasteiger partial charge in [0.25, 0.3) is 0 Å². The van der Waals surface area contributed by atoms with Crippen molar-refractivity contribution < 1.29 is 4.42 Å². The molecule has 0 aliphatic heterocycles. The van der Waals surface area contributed by atoms with E-state index in [1.807, 2.05) is 6.07 Å². The fourth-order valence-electron chi connectivity index (χ4n) is 6.94. The number of hydrogen-bond acceptors (Lipinski definition) is 2. The van der Waals surface area contributed by atoms with Crippen LogP contribution in [0, 0.1) is 22.2 Å². The third kappa shape index (κ3) is 2.56. The SMILES string of the molecule is CC12CC3CC(C)(C1)CC(CCNCc1ccco1)(C3)C2. The highest BCUT2D eigenvalue weighted by molar-refractivity contribution is 5.10. The molecule has 1 aromatic rings. The second kappa shape index (κ2) is 4.62. The maximum Gasteiger partial charge on any atom is 0.117 e. The first-order valence-electron chi connectivity index (χ1n) is 8.72. The van der Waals surface area contributed by atoms with E-state index in [-0.39, 0.29) is 0 Å². The minimum absolute atomic E-state index is 0.638. The lowest BCUT2D eigenvalue weighted by Gasteiger charge is -2.65. The quantitative estimate of drug-likeness (QED) is 0.790. The van der Waals surface area contributed by atoms with Gasteiger partial charge in [-0.1, -0.05) is 13.8 Å². The molecule has 2 heteroatoms. The van der Waals surface area contributed by atoms with E-state index in [0.29, 0.717) is 16.2 Å². The average molecular weight is 287 g/mol. The average Bonchev–Trinajstić information content (AvgIpc) is 2.83. The van der Waals surface area contributed by atoms with Crippen LogP contribution in [0.3, 0.4) is 0 Å². The van der Waals surface area contributed by atoms with Crippen LogP contribution in [0.25, 0.3) is 0 Å². The fourth-order valence-corrected chi connectivity index (χ4v) is 6.94. The van der Waals surface area contributed by atoms with Crippen molar-refractivity contribution in [3.05, 3.63) is 24.2 Å². The van der Waals surface area contributed by atoms with Crippen LogP contribution in [0.15, 0.2) is 22.8 Å². The number of hydrogen-bond donors (Lipinski definition) is 1. The van der Waals surface area contributed by atoms with Crippen LogP contribution in [0.4, 0.5) is 0 Å². The molecule has 0 aromatic carbocycles. The van der Waals surface area contributed by atoms with Crippen molar-refractivity contribution in [3.8, 4) is 0 Å². The zero-order chi connectivity index (χ0) is 14.6. The largest absolute Gasteiger partial charge is 0.468 e. The molecule has 4 bridgehead atoms. The van der Waals surface area contributed by atoms with Crippen LogP contribution in [0.1, 0.15) is 64.6 Å². The van der Waals surface area contributed by atoms with Gasteiger partial charge >= 0.3 is 0 Å². The normalized spacial score (nSPS) is 44.4. The topological polar surface area (TPSA) is 25.2 Å². The third-order valence-corrected chi connectivity index (χ3v) is 6.45. The molecule has 2 nitrogen and oxygen atoms in total. The van der Waals surface area contributed by atoms with E-state index in [1.165, 1.54) is 44.9 Å². The maximum absolute atomic E-state index is 5.40. The molecular weight excluding hydrogens is 258 g/mol. The summed E-state index contributed by atoms with van der Waals surface area (Å²) in [6.45, 7) is 7.15. The van der Waals surface area contributed by atoms with Crippen LogP contribution < -0.4 is 5.32 Å². The summed E-state index contributed by atoms with van der Waals surface area (Å²) < 4.78 is 5.40. The fraction of sp³-hybridized carbons (Fsp3) is 0.789. The van der Waals surface area contributed by atoms with Crippen LogP contribution in [-0.2, 0) is 6.54 Å². The molecule has 0 saturated heterocycles. The van der Waals surface area contributed by atoms with Crippen LogP contribution in [0.5, 0.6) is 0 Å². The highest BCUT2D eigenvalue weighted by Crippen LogP contribution is 2.70. The summed E-state index contributed by atoms with van der Waals surface area (Å²) in [5, 5.41) is 3.59. The predicted octanol–water partition coefficient (Wildman–Crippen LogP) is 4.76. The molecule has 1 aromatic heterocycles. The maximum atomic E-state index is 5.40. The summed E-state index contributed by atoms with van der Waals surface area (Å²) in [6, 6.07) is 4.03. The summed E-state index contributed by atoms with van der Waals surface area (Å²) in [4.78, 5) is 0. The number of furan rings is 1. The van der Waals surface area contributed by atoms with Crippen molar-refractivity contribution in [2.24, 2.45) is 22.2 Å². The molecule has 5 rings (SSSR count). The molecule has 4 fully saturated rings. The van der Waals surface area contributed by atoms with E-state index in [1.54, 1.807) is 6.26 Å². The molecule has 0 radical (unpaired) electrons. The lowest BCUT2D eigenvalue weighted by molar-refractivity contribution is -0.147. The Balaban J connectivity index is 1.38. The first-order valence-corrected chi connectivity index (χ1v) is 8.72. The Kier molecular flexibility index (Phi) is 3.05. The summed E-state index contributed by atoms with van der Waals surface area (Å²) >= 11 is 0. The lowest BCUT2D eigenvalue weighted by Crippen LogP contribution is -2.55. The van der Waals surface area contributed by atoms with Crippen LogP contribution in [-0.4, -0.2) is 6.54 Å². The molecule has 1 heterocycles. The zero-order valence-corrected chi connectivity index (χ0v) is 13.6. The van der Waals surface area contributed by atoms with Gasteiger partial charge in [0.15, 0.2) is 0 Å². The van der Waals surface area contributed by atoms with Gasteiger partial charge in [0.2, 0.25) is 0 Å². The lowest BCUT2D eigenvalue weighted by atomic mass is 9.40. The van der Waals surface area contributed by atoms with Gasteiger partial charge in [-0.15, -0.1) is 0 Å².